The van der Waals surface area contributed by atoms with Gasteiger partial charge in [-0.25, -0.2) is 4.98 Å². The number of carbonyl (C=O) groups is 1. The van der Waals surface area contributed by atoms with Crippen LogP contribution in [-0.2, 0) is 13.0 Å². The summed E-state index contributed by atoms with van der Waals surface area (Å²) in [7, 11) is 0. The average molecular weight is 405 g/mol. The van der Waals surface area contributed by atoms with Crippen LogP contribution >= 0.6 is 34.5 Å². The number of carbonyl (C=O) groups excluding carboxylic acids is 1. The number of pyridine rings is 1. The summed E-state index contributed by atoms with van der Waals surface area (Å²) < 4.78 is 0. The highest BCUT2D eigenvalue weighted by Gasteiger charge is 2.18. The predicted molar refractivity (Wildman–Crippen MR) is 108 cm³/mol. The lowest BCUT2D eigenvalue weighted by atomic mass is 10.1. The molecule has 0 aliphatic carbocycles. The Morgan fingerprint density at radius 1 is 1.15 bits per heavy atom. The third kappa shape index (κ3) is 4.85. The van der Waals surface area contributed by atoms with E-state index in [1.165, 1.54) is 16.6 Å². The molecule has 134 valence electrons. The number of thiophene rings is 1. The molecule has 0 bridgehead atoms. The van der Waals surface area contributed by atoms with Gasteiger partial charge in [-0.1, -0.05) is 53.5 Å². The molecule has 0 aliphatic heterocycles. The van der Waals surface area contributed by atoms with E-state index in [1.54, 1.807) is 17.4 Å². The summed E-state index contributed by atoms with van der Waals surface area (Å²) in [5.74, 6) is -0.0990. The Kier molecular flexibility index (Phi) is 6.30. The minimum Gasteiger partial charge on any atom is -0.333 e. The number of rotatable bonds is 6. The Bertz CT molecular complexity index is 896. The number of hydrogen-bond donors (Lipinski definition) is 0. The van der Waals surface area contributed by atoms with E-state index < -0.39 is 0 Å². The van der Waals surface area contributed by atoms with Crippen molar-refractivity contribution in [2.75, 3.05) is 6.54 Å². The van der Waals surface area contributed by atoms with Crippen molar-refractivity contribution >= 4 is 40.4 Å². The Morgan fingerprint density at radius 3 is 2.58 bits per heavy atom. The predicted octanol–water partition coefficient (Wildman–Crippen LogP) is 5.64. The summed E-state index contributed by atoms with van der Waals surface area (Å²) in [4.78, 5) is 21.2. The Hall–Kier alpha value is -1.88. The largest absolute Gasteiger partial charge is 0.333 e. The molecule has 6 heteroatoms. The quantitative estimate of drug-likeness (QED) is 0.497. The van der Waals surface area contributed by atoms with Crippen molar-refractivity contribution in [2.24, 2.45) is 0 Å². The second-order valence-corrected chi connectivity index (χ2v) is 8.11. The van der Waals surface area contributed by atoms with Gasteiger partial charge in [0.15, 0.2) is 0 Å². The van der Waals surface area contributed by atoms with Gasteiger partial charge in [-0.15, -0.1) is 11.3 Å². The fraction of sp³-hybridized carbons (Fsp3) is 0.200. The second-order valence-electron chi connectivity index (χ2n) is 5.97. The first-order valence-corrected chi connectivity index (χ1v) is 9.80. The molecule has 0 unspecified atom stereocenters. The molecular weight excluding hydrogens is 387 g/mol. The standard InChI is InChI=1S/C20H18Cl2N2OS/c1-14-7-8-17(26-14)13-24(10-9-15-5-3-2-4-6-15)20(25)16-11-18(21)19(22)23-12-16/h2-8,11-12H,9-10,13H2,1H3. The third-order valence-electron chi connectivity index (χ3n) is 3.99. The van der Waals surface area contributed by atoms with Crippen molar-refractivity contribution in [3.8, 4) is 0 Å². The minimum atomic E-state index is -0.0990. The molecule has 3 rings (SSSR count). The minimum absolute atomic E-state index is 0.0990. The number of aromatic nitrogens is 1. The van der Waals surface area contributed by atoms with Crippen LogP contribution in [0.2, 0.25) is 10.2 Å². The van der Waals surface area contributed by atoms with Crippen LogP contribution in [0, 0.1) is 6.92 Å². The second kappa shape index (κ2) is 8.67. The van der Waals surface area contributed by atoms with Crippen LogP contribution in [0.5, 0.6) is 0 Å². The fourth-order valence-electron chi connectivity index (χ4n) is 2.64. The van der Waals surface area contributed by atoms with Gasteiger partial charge in [-0.05, 0) is 37.1 Å². The van der Waals surface area contributed by atoms with Crippen molar-refractivity contribution in [3.05, 3.63) is 85.8 Å². The number of benzene rings is 1. The Morgan fingerprint density at radius 2 is 1.92 bits per heavy atom. The van der Waals surface area contributed by atoms with Gasteiger partial charge in [0.25, 0.3) is 5.91 Å². The summed E-state index contributed by atoms with van der Waals surface area (Å²) in [5.41, 5.74) is 1.64. The lowest BCUT2D eigenvalue weighted by Crippen LogP contribution is -2.32. The lowest BCUT2D eigenvalue weighted by Gasteiger charge is -2.22. The van der Waals surface area contributed by atoms with Crippen LogP contribution in [0.15, 0.2) is 54.7 Å². The molecule has 0 saturated heterocycles. The normalized spacial score (nSPS) is 10.7. The first kappa shape index (κ1) is 18.9. The molecule has 3 aromatic rings. The van der Waals surface area contributed by atoms with Gasteiger partial charge in [0, 0.05) is 22.5 Å². The molecule has 0 fully saturated rings. The highest BCUT2D eigenvalue weighted by molar-refractivity contribution is 7.11. The van der Waals surface area contributed by atoms with E-state index in [-0.39, 0.29) is 16.1 Å². The van der Waals surface area contributed by atoms with Gasteiger partial charge in [0.2, 0.25) is 0 Å². The molecule has 3 nitrogen and oxygen atoms in total. The number of aryl methyl sites for hydroxylation is 1. The van der Waals surface area contributed by atoms with E-state index in [0.29, 0.717) is 18.7 Å². The molecule has 1 amide bonds. The zero-order chi connectivity index (χ0) is 18.5. The Balaban J connectivity index is 1.80. The Labute approximate surface area is 167 Å². The SMILES string of the molecule is Cc1ccc(CN(CCc2ccccc2)C(=O)c2cnc(Cl)c(Cl)c2)s1. The van der Waals surface area contributed by atoms with Crippen LogP contribution in [-0.4, -0.2) is 22.3 Å². The molecule has 2 heterocycles. The van der Waals surface area contributed by atoms with E-state index in [4.69, 9.17) is 23.2 Å². The van der Waals surface area contributed by atoms with Gasteiger partial charge < -0.3 is 4.90 Å². The van der Waals surface area contributed by atoms with E-state index in [1.807, 2.05) is 23.1 Å². The van der Waals surface area contributed by atoms with Crippen LogP contribution in [0.4, 0.5) is 0 Å². The number of nitrogens with zero attached hydrogens (tertiary/aromatic N) is 2. The van der Waals surface area contributed by atoms with Crippen molar-refractivity contribution in [1.29, 1.82) is 0 Å². The smallest absolute Gasteiger partial charge is 0.255 e. The molecule has 0 saturated carbocycles. The molecule has 0 atom stereocenters. The molecule has 0 radical (unpaired) electrons. The first-order valence-electron chi connectivity index (χ1n) is 8.22. The molecular formula is C20H18Cl2N2OS. The van der Waals surface area contributed by atoms with E-state index in [2.05, 4.69) is 36.2 Å². The van der Waals surface area contributed by atoms with E-state index in [0.717, 1.165) is 11.3 Å². The molecule has 0 aliphatic rings. The zero-order valence-corrected chi connectivity index (χ0v) is 16.6. The topological polar surface area (TPSA) is 33.2 Å². The highest BCUT2D eigenvalue weighted by Crippen LogP contribution is 2.22. The molecule has 26 heavy (non-hydrogen) atoms. The van der Waals surface area contributed by atoms with Crippen LogP contribution in [0.25, 0.3) is 0 Å². The van der Waals surface area contributed by atoms with Gasteiger partial charge in [-0.3, -0.25) is 4.79 Å². The number of amides is 1. The fourth-order valence-corrected chi connectivity index (χ4v) is 3.82. The number of hydrogen-bond acceptors (Lipinski definition) is 3. The molecule has 0 N–H and O–H groups in total. The summed E-state index contributed by atoms with van der Waals surface area (Å²) in [6.45, 7) is 3.23. The summed E-state index contributed by atoms with van der Waals surface area (Å²) in [6, 6.07) is 15.9. The molecule has 1 aromatic carbocycles. The van der Waals surface area contributed by atoms with Gasteiger partial charge >= 0.3 is 0 Å². The first-order chi connectivity index (χ1) is 12.5. The monoisotopic (exact) mass is 404 g/mol. The van der Waals surface area contributed by atoms with Crippen molar-refractivity contribution in [3.63, 3.8) is 0 Å². The molecule has 2 aromatic heterocycles. The van der Waals surface area contributed by atoms with Crippen LogP contribution in [0.1, 0.15) is 25.7 Å². The van der Waals surface area contributed by atoms with Gasteiger partial charge in [0.05, 0.1) is 17.1 Å². The van der Waals surface area contributed by atoms with Crippen molar-refractivity contribution in [2.45, 2.75) is 19.9 Å². The van der Waals surface area contributed by atoms with Crippen molar-refractivity contribution in [1.82, 2.24) is 9.88 Å². The van der Waals surface area contributed by atoms with E-state index in [9.17, 15) is 4.79 Å². The average Bonchev–Trinajstić information content (AvgIpc) is 3.06. The molecule has 0 spiro atoms. The summed E-state index contributed by atoms with van der Waals surface area (Å²) in [6.07, 6.45) is 2.26. The number of halogens is 2. The highest BCUT2D eigenvalue weighted by atomic mass is 35.5. The van der Waals surface area contributed by atoms with Crippen LogP contribution < -0.4 is 0 Å². The summed E-state index contributed by atoms with van der Waals surface area (Å²) in [5, 5.41) is 0.487. The van der Waals surface area contributed by atoms with Crippen LogP contribution in [0.3, 0.4) is 0 Å². The summed E-state index contributed by atoms with van der Waals surface area (Å²) >= 11 is 13.6. The van der Waals surface area contributed by atoms with Gasteiger partial charge in [-0.2, -0.15) is 0 Å². The van der Waals surface area contributed by atoms with E-state index >= 15 is 0 Å². The maximum atomic E-state index is 13.0. The maximum Gasteiger partial charge on any atom is 0.255 e. The lowest BCUT2D eigenvalue weighted by molar-refractivity contribution is 0.0746. The van der Waals surface area contributed by atoms with Gasteiger partial charge in [0.1, 0.15) is 5.15 Å². The maximum absolute atomic E-state index is 13.0. The zero-order valence-electron chi connectivity index (χ0n) is 14.3. The third-order valence-corrected chi connectivity index (χ3v) is 5.66. The van der Waals surface area contributed by atoms with Crippen molar-refractivity contribution < 1.29 is 4.79 Å².